The summed E-state index contributed by atoms with van der Waals surface area (Å²) in [5.41, 5.74) is 0. The van der Waals surface area contributed by atoms with Crippen LogP contribution in [0.15, 0.2) is 0 Å². The molecule has 0 spiro atoms. The molecule has 0 aromatic carbocycles. The molecule has 0 heterocycles. The molecule has 2 amide bonds. The maximum absolute atomic E-state index is 11.6. The SMILES string of the molecule is CCOC(=O)N(C(=O)OCC)C1CCCC1. The molecule has 1 aliphatic carbocycles. The van der Waals surface area contributed by atoms with Crippen LogP contribution in [0.1, 0.15) is 39.5 Å². The minimum absolute atomic E-state index is 0.0573. The molecule has 0 aromatic rings. The fourth-order valence-electron chi connectivity index (χ4n) is 1.92. The van der Waals surface area contributed by atoms with Gasteiger partial charge in [-0.1, -0.05) is 12.8 Å². The fraction of sp³-hybridized carbons (Fsp3) is 0.818. The zero-order valence-electron chi connectivity index (χ0n) is 9.90. The van der Waals surface area contributed by atoms with Crippen LogP contribution in [0.5, 0.6) is 0 Å². The lowest BCUT2D eigenvalue weighted by Crippen LogP contribution is -2.44. The summed E-state index contributed by atoms with van der Waals surface area (Å²) >= 11 is 0. The molecule has 0 aliphatic heterocycles. The van der Waals surface area contributed by atoms with Gasteiger partial charge in [-0.25, -0.2) is 14.5 Å². The van der Waals surface area contributed by atoms with Crippen LogP contribution < -0.4 is 0 Å². The van der Waals surface area contributed by atoms with Gasteiger partial charge in [0.15, 0.2) is 0 Å². The monoisotopic (exact) mass is 229 g/mol. The van der Waals surface area contributed by atoms with Gasteiger partial charge in [0.05, 0.1) is 13.2 Å². The van der Waals surface area contributed by atoms with Crippen LogP contribution in [-0.2, 0) is 9.47 Å². The fourth-order valence-corrected chi connectivity index (χ4v) is 1.92. The predicted molar refractivity (Wildman–Crippen MR) is 58.1 cm³/mol. The Bertz CT molecular complexity index is 230. The van der Waals surface area contributed by atoms with Gasteiger partial charge in [0.1, 0.15) is 0 Å². The lowest BCUT2D eigenvalue weighted by atomic mass is 10.2. The summed E-state index contributed by atoms with van der Waals surface area (Å²) in [5.74, 6) is 0. The quantitative estimate of drug-likeness (QED) is 0.746. The molecule has 0 unspecified atom stereocenters. The Morgan fingerprint density at radius 3 is 1.88 bits per heavy atom. The zero-order valence-corrected chi connectivity index (χ0v) is 9.90. The molecule has 1 rings (SSSR count). The Hall–Kier alpha value is -1.26. The van der Waals surface area contributed by atoms with Crippen molar-refractivity contribution in [1.29, 1.82) is 0 Å². The van der Waals surface area contributed by atoms with E-state index < -0.39 is 12.2 Å². The number of rotatable bonds is 3. The Balaban J connectivity index is 2.67. The summed E-state index contributed by atoms with van der Waals surface area (Å²) < 4.78 is 9.74. The summed E-state index contributed by atoms with van der Waals surface area (Å²) in [4.78, 5) is 24.4. The summed E-state index contributed by atoms with van der Waals surface area (Å²) in [6, 6.07) is -0.0573. The highest BCUT2D eigenvalue weighted by Gasteiger charge is 2.33. The van der Waals surface area contributed by atoms with E-state index in [-0.39, 0.29) is 19.3 Å². The van der Waals surface area contributed by atoms with Crippen LogP contribution in [0.3, 0.4) is 0 Å². The Morgan fingerprint density at radius 1 is 1.06 bits per heavy atom. The van der Waals surface area contributed by atoms with Crippen LogP contribution in [-0.4, -0.2) is 36.3 Å². The molecule has 16 heavy (non-hydrogen) atoms. The third-order valence-electron chi connectivity index (χ3n) is 2.62. The maximum atomic E-state index is 11.6. The number of imide groups is 1. The largest absolute Gasteiger partial charge is 0.449 e. The maximum Gasteiger partial charge on any atom is 0.419 e. The van der Waals surface area contributed by atoms with Gasteiger partial charge in [-0.2, -0.15) is 0 Å². The van der Waals surface area contributed by atoms with Crippen molar-refractivity contribution >= 4 is 12.2 Å². The summed E-state index contributed by atoms with van der Waals surface area (Å²) in [6.45, 7) is 3.97. The molecule has 0 aromatic heterocycles. The minimum Gasteiger partial charge on any atom is -0.449 e. The second kappa shape index (κ2) is 6.35. The highest BCUT2D eigenvalue weighted by atomic mass is 16.6. The number of amides is 2. The predicted octanol–water partition coefficient (Wildman–Crippen LogP) is 2.54. The number of ether oxygens (including phenoxy) is 2. The van der Waals surface area contributed by atoms with Crippen LogP contribution >= 0.6 is 0 Å². The molecule has 1 fully saturated rings. The van der Waals surface area contributed by atoms with E-state index >= 15 is 0 Å². The van der Waals surface area contributed by atoms with Crippen molar-refractivity contribution in [3.63, 3.8) is 0 Å². The van der Waals surface area contributed by atoms with Crippen molar-refractivity contribution in [2.75, 3.05) is 13.2 Å². The second-order valence-corrected chi connectivity index (χ2v) is 3.71. The van der Waals surface area contributed by atoms with Crippen molar-refractivity contribution < 1.29 is 19.1 Å². The van der Waals surface area contributed by atoms with Crippen LogP contribution in [0.2, 0.25) is 0 Å². The highest BCUT2D eigenvalue weighted by Crippen LogP contribution is 2.24. The number of hydrogen-bond acceptors (Lipinski definition) is 4. The Morgan fingerprint density at radius 2 is 1.50 bits per heavy atom. The smallest absolute Gasteiger partial charge is 0.419 e. The standard InChI is InChI=1S/C11H19NO4/c1-3-15-10(13)12(11(14)16-4-2)9-7-5-6-8-9/h9H,3-8H2,1-2H3. The molecule has 0 bridgehead atoms. The molecule has 0 N–H and O–H groups in total. The summed E-state index contributed by atoms with van der Waals surface area (Å²) in [5, 5.41) is 0. The van der Waals surface area contributed by atoms with Crippen molar-refractivity contribution in [1.82, 2.24) is 4.90 Å². The van der Waals surface area contributed by atoms with E-state index in [0.29, 0.717) is 0 Å². The Kier molecular flexibility index (Phi) is 5.08. The third kappa shape index (κ3) is 3.12. The van der Waals surface area contributed by atoms with Crippen LogP contribution in [0.4, 0.5) is 9.59 Å². The third-order valence-corrected chi connectivity index (χ3v) is 2.62. The van der Waals surface area contributed by atoms with E-state index in [9.17, 15) is 9.59 Å². The zero-order chi connectivity index (χ0) is 12.0. The molecular formula is C11H19NO4. The Labute approximate surface area is 95.7 Å². The van der Waals surface area contributed by atoms with E-state index in [2.05, 4.69) is 0 Å². The van der Waals surface area contributed by atoms with E-state index in [0.717, 1.165) is 30.6 Å². The average Bonchev–Trinajstić information content (AvgIpc) is 2.72. The molecule has 0 radical (unpaired) electrons. The van der Waals surface area contributed by atoms with E-state index in [4.69, 9.17) is 9.47 Å². The first kappa shape index (κ1) is 12.8. The van der Waals surface area contributed by atoms with Crippen molar-refractivity contribution in [2.24, 2.45) is 0 Å². The second-order valence-electron chi connectivity index (χ2n) is 3.71. The number of carbonyl (C=O) groups is 2. The summed E-state index contributed by atoms with van der Waals surface area (Å²) in [7, 11) is 0. The molecular weight excluding hydrogens is 210 g/mol. The van der Waals surface area contributed by atoms with Crippen molar-refractivity contribution in [2.45, 2.75) is 45.6 Å². The molecule has 0 saturated heterocycles. The minimum atomic E-state index is -0.590. The van der Waals surface area contributed by atoms with Gasteiger partial charge in [-0.3, -0.25) is 0 Å². The van der Waals surface area contributed by atoms with Crippen molar-refractivity contribution in [3.05, 3.63) is 0 Å². The highest BCUT2D eigenvalue weighted by molar-refractivity contribution is 5.88. The topological polar surface area (TPSA) is 55.8 Å². The van der Waals surface area contributed by atoms with Crippen LogP contribution in [0, 0.1) is 0 Å². The van der Waals surface area contributed by atoms with Crippen molar-refractivity contribution in [3.8, 4) is 0 Å². The average molecular weight is 229 g/mol. The molecule has 0 atom stereocenters. The number of nitrogens with zero attached hydrogens (tertiary/aromatic N) is 1. The molecule has 5 heteroatoms. The van der Waals surface area contributed by atoms with Gasteiger partial charge < -0.3 is 9.47 Å². The lowest BCUT2D eigenvalue weighted by molar-refractivity contribution is 0.0678. The number of carbonyl (C=O) groups excluding carboxylic acids is 2. The number of hydrogen-bond donors (Lipinski definition) is 0. The normalized spacial score (nSPS) is 15.9. The van der Waals surface area contributed by atoms with E-state index in [1.54, 1.807) is 13.8 Å². The van der Waals surface area contributed by atoms with Crippen LogP contribution in [0.25, 0.3) is 0 Å². The first-order chi connectivity index (χ1) is 7.70. The molecule has 1 aliphatic rings. The first-order valence-electron chi connectivity index (χ1n) is 5.83. The molecule has 1 saturated carbocycles. The van der Waals surface area contributed by atoms with Gasteiger partial charge in [-0.15, -0.1) is 0 Å². The molecule has 92 valence electrons. The van der Waals surface area contributed by atoms with Gasteiger partial charge in [0, 0.05) is 6.04 Å². The van der Waals surface area contributed by atoms with E-state index in [1.165, 1.54) is 0 Å². The molecule has 5 nitrogen and oxygen atoms in total. The van der Waals surface area contributed by atoms with E-state index in [1.807, 2.05) is 0 Å². The van der Waals surface area contributed by atoms with Gasteiger partial charge >= 0.3 is 12.2 Å². The first-order valence-corrected chi connectivity index (χ1v) is 5.83. The van der Waals surface area contributed by atoms with Gasteiger partial charge in [0.2, 0.25) is 0 Å². The lowest BCUT2D eigenvalue weighted by Gasteiger charge is -2.24. The van der Waals surface area contributed by atoms with Gasteiger partial charge in [-0.05, 0) is 26.7 Å². The summed E-state index contributed by atoms with van der Waals surface area (Å²) in [6.07, 6.45) is 2.59. The van der Waals surface area contributed by atoms with Gasteiger partial charge in [0.25, 0.3) is 0 Å².